The first-order valence-corrected chi connectivity index (χ1v) is 6.67. The third kappa shape index (κ3) is 3.70. The van der Waals surface area contributed by atoms with Crippen molar-refractivity contribution >= 4 is 11.6 Å². The highest BCUT2D eigenvalue weighted by molar-refractivity contribution is 6.30. The predicted octanol–water partition coefficient (Wildman–Crippen LogP) is 2.69. The number of nitrogens with one attached hydrogen (secondary N) is 1. The molecule has 1 unspecified atom stereocenters. The van der Waals surface area contributed by atoms with Crippen molar-refractivity contribution in [3.8, 4) is 0 Å². The van der Waals surface area contributed by atoms with Crippen molar-refractivity contribution in [1.29, 1.82) is 0 Å². The summed E-state index contributed by atoms with van der Waals surface area (Å²) in [7, 11) is 2.20. The second kappa shape index (κ2) is 5.85. The monoisotopic (exact) mass is 252 g/mol. The van der Waals surface area contributed by atoms with Crippen LogP contribution in [0.15, 0.2) is 18.2 Å². The molecule has 17 heavy (non-hydrogen) atoms. The van der Waals surface area contributed by atoms with Gasteiger partial charge >= 0.3 is 0 Å². The summed E-state index contributed by atoms with van der Waals surface area (Å²) in [5.74, 6) is 0.813. The summed E-state index contributed by atoms with van der Waals surface area (Å²) in [6.07, 6.45) is 1.32. The second-order valence-electron chi connectivity index (χ2n) is 5.12. The molecule has 0 aromatic heterocycles. The Morgan fingerprint density at radius 3 is 2.94 bits per heavy atom. The number of aryl methyl sites for hydroxylation is 1. The van der Waals surface area contributed by atoms with Gasteiger partial charge in [-0.2, -0.15) is 0 Å². The fourth-order valence-corrected chi connectivity index (χ4v) is 2.69. The lowest BCUT2D eigenvalue weighted by atomic mass is 10.1. The third-order valence-corrected chi connectivity index (χ3v) is 3.78. The molecule has 0 saturated carbocycles. The molecule has 0 aliphatic carbocycles. The molecule has 2 rings (SSSR count). The number of benzene rings is 1. The van der Waals surface area contributed by atoms with Crippen LogP contribution < -0.4 is 5.32 Å². The van der Waals surface area contributed by atoms with Crippen LogP contribution in [0.5, 0.6) is 0 Å². The highest BCUT2D eigenvalue weighted by atomic mass is 35.5. The molecule has 1 N–H and O–H groups in total. The van der Waals surface area contributed by atoms with E-state index in [2.05, 4.69) is 30.3 Å². The first kappa shape index (κ1) is 12.9. The molecule has 1 aromatic rings. The van der Waals surface area contributed by atoms with Gasteiger partial charge in [0.05, 0.1) is 0 Å². The maximum Gasteiger partial charge on any atom is 0.0408 e. The molecule has 1 fully saturated rings. The normalized spacial score (nSPS) is 21.0. The zero-order chi connectivity index (χ0) is 12.3. The Hall–Kier alpha value is -0.570. The maximum absolute atomic E-state index is 5.94. The average Bonchev–Trinajstić information content (AvgIpc) is 2.68. The van der Waals surface area contributed by atoms with Crippen LogP contribution >= 0.6 is 11.6 Å². The molecular formula is C14H21ClN2. The van der Waals surface area contributed by atoms with Crippen molar-refractivity contribution in [3.63, 3.8) is 0 Å². The van der Waals surface area contributed by atoms with Gasteiger partial charge < -0.3 is 10.2 Å². The summed E-state index contributed by atoms with van der Waals surface area (Å²) in [6.45, 7) is 6.65. The molecule has 0 radical (unpaired) electrons. The highest BCUT2D eigenvalue weighted by Crippen LogP contribution is 2.16. The summed E-state index contributed by atoms with van der Waals surface area (Å²) in [6, 6.07) is 6.11. The second-order valence-corrected chi connectivity index (χ2v) is 5.56. The minimum atomic E-state index is 0.813. The van der Waals surface area contributed by atoms with E-state index in [0.29, 0.717) is 0 Å². The topological polar surface area (TPSA) is 15.3 Å². The quantitative estimate of drug-likeness (QED) is 0.887. The standard InChI is InChI=1S/C14H21ClN2/c1-11-7-14(15)4-3-13(11)9-16-8-12-5-6-17(2)10-12/h3-4,7,12,16H,5-6,8-10H2,1-2H3. The van der Waals surface area contributed by atoms with Crippen LogP contribution in [-0.4, -0.2) is 31.6 Å². The van der Waals surface area contributed by atoms with Crippen LogP contribution in [0.25, 0.3) is 0 Å². The Kier molecular flexibility index (Phi) is 4.43. The third-order valence-electron chi connectivity index (χ3n) is 3.54. The van der Waals surface area contributed by atoms with E-state index in [1.54, 1.807) is 0 Å². The summed E-state index contributed by atoms with van der Waals surface area (Å²) in [5, 5.41) is 4.38. The predicted molar refractivity (Wildman–Crippen MR) is 73.5 cm³/mol. The first-order valence-electron chi connectivity index (χ1n) is 6.29. The van der Waals surface area contributed by atoms with E-state index >= 15 is 0 Å². The van der Waals surface area contributed by atoms with E-state index < -0.39 is 0 Å². The number of nitrogens with zero attached hydrogens (tertiary/aromatic N) is 1. The molecule has 0 spiro atoms. The van der Waals surface area contributed by atoms with Gasteiger partial charge in [0.1, 0.15) is 0 Å². The molecule has 1 saturated heterocycles. The van der Waals surface area contributed by atoms with Crippen molar-refractivity contribution in [2.75, 3.05) is 26.7 Å². The van der Waals surface area contributed by atoms with E-state index in [-0.39, 0.29) is 0 Å². The van der Waals surface area contributed by atoms with Crippen LogP contribution in [0.3, 0.4) is 0 Å². The Bertz CT molecular complexity index is 378. The van der Waals surface area contributed by atoms with Crippen molar-refractivity contribution in [3.05, 3.63) is 34.3 Å². The minimum Gasteiger partial charge on any atom is -0.312 e. The zero-order valence-corrected chi connectivity index (χ0v) is 11.4. The summed E-state index contributed by atoms with van der Waals surface area (Å²) < 4.78 is 0. The molecule has 1 aromatic carbocycles. The molecule has 3 heteroatoms. The number of hydrogen-bond donors (Lipinski definition) is 1. The molecule has 0 bridgehead atoms. The molecule has 1 aliphatic rings. The van der Waals surface area contributed by atoms with E-state index in [0.717, 1.165) is 24.0 Å². The van der Waals surface area contributed by atoms with E-state index in [1.807, 2.05) is 12.1 Å². The number of halogens is 1. The van der Waals surface area contributed by atoms with E-state index in [4.69, 9.17) is 11.6 Å². The van der Waals surface area contributed by atoms with Crippen LogP contribution in [-0.2, 0) is 6.54 Å². The van der Waals surface area contributed by atoms with Crippen LogP contribution in [0.4, 0.5) is 0 Å². The summed E-state index contributed by atoms with van der Waals surface area (Å²) in [5.41, 5.74) is 2.62. The fourth-order valence-electron chi connectivity index (χ4n) is 2.46. The highest BCUT2D eigenvalue weighted by Gasteiger charge is 2.18. The van der Waals surface area contributed by atoms with Crippen molar-refractivity contribution in [2.24, 2.45) is 5.92 Å². The Labute approximate surface area is 109 Å². The SMILES string of the molecule is Cc1cc(Cl)ccc1CNCC1CCN(C)C1. The zero-order valence-electron chi connectivity index (χ0n) is 10.7. The van der Waals surface area contributed by atoms with Crippen molar-refractivity contribution in [2.45, 2.75) is 19.9 Å². The average molecular weight is 253 g/mol. The van der Waals surface area contributed by atoms with Crippen molar-refractivity contribution < 1.29 is 0 Å². The molecule has 2 nitrogen and oxygen atoms in total. The van der Waals surface area contributed by atoms with Crippen LogP contribution in [0.1, 0.15) is 17.5 Å². The van der Waals surface area contributed by atoms with E-state index in [1.165, 1.54) is 30.6 Å². The van der Waals surface area contributed by atoms with Crippen LogP contribution in [0.2, 0.25) is 5.02 Å². The van der Waals surface area contributed by atoms with E-state index in [9.17, 15) is 0 Å². The van der Waals surface area contributed by atoms with Gasteiger partial charge in [0.2, 0.25) is 0 Å². The van der Waals surface area contributed by atoms with Gasteiger partial charge in [0, 0.05) is 18.1 Å². The van der Waals surface area contributed by atoms with Crippen LogP contribution in [0, 0.1) is 12.8 Å². The molecular weight excluding hydrogens is 232 g/mol. The van der Waals surface area contributed by atoms with Gasteiger partial charge in [-0.1, -0.05) is 17.7 Å². The first-order chi connectivity index (χ1) is 8.15. The smallest absolute Gasteiger partial charge is 0.0408 e. The number of likely N-dealkylation sites (tertiary alicyclic amines) is 1. The summed E-state index contributed by atoms with van der Waals surface area (Å²) in [4.78, 5) is 2.40. The molecule has 1 heterocycles. The van der Waals surface area contributed by atoms with Gasteiger partial charge in [0.15, 0.2) is 0 Å². The van der Waals surface area contributed by atoms with Gasteiger partial charge in [-0.3, -0.25) is 0 Å². The Morgan fingerprint density at radius 1 is 1.47 bits per heavy atom. The lowest BCUT2D eigenvalue weighted by Crippen LogP contribution is -2.24. The summed E-state index contributed by atoms with van der Waals surface area (Å²) >= 11 is 5.94. The van der Waals surface area contributed by atoms with Gasteiger partial charge in [0.25, 0.3) is 0 Å². The molecule has 0 amide bonds. The lowest BCUT2D eigenvalue weighted by Gasteiger charge is -2.12. The van der Waals surface area contributed by atoms with Gasteiger partial charge in [-0.15, -0.1) is 0 Å². The molecule has 1 atom stereocenters. The number of rotatable bonds is 4. The lowest BCUT2D eigenvalue weighted by molar-refractivity contribution is 0.388. The maximum atomic E-state index is 5.94. The molecule has 1 aliphatic heterocycles. The van der Waals surface area contributed by atoms with Gasteiger partial charge in [-0.05, 0) is 62.7 Å². The molecule has 94 valence electrons. The fraction of sp³-hybridized carbons (Fsp3) is 0.571. The number of hydrogen-bond acceptors (Lipinski definition) is 2. The minimum absolute atomic E-state index is 0.813. The van der Waals surface area contributed by atoms with Gasteiger partial charge in [-0.25, -0.2) is 0 Å². The Morgan fingerprint density at radius 2 is 2.29 bits per heavy atom. The largest absolute Gasteiger partial charge is 0.312 e. The Balaban J connectivity index is 1.78. The van der Waals surface area contributed by atoms with Crippen molar-refractivity contribution in [1.82, 2.24) is 10.2 Å².